The van der Waals surface area contributed by atoms with Crippen LogP contribution in [0.4, 0.5) is 0 Å². The van der Waals surface area contributed by atoms with Gasteiger partial charge < -0.3 is 0 Å². The van der Waals surface area contributed by atoms with E-state index in [0.717, 1.165) is 4.57 Å². The molecule has 0 unspecified atom stereocenters. The first-order valence-corrected chi connectivity index (χ1v) is 4.47. The standard InChI is InChI=1S/C6H4N4O3S/c11-4-8-5(12)10(6(13)9-4)3-1-14-2-7-3/h1-2H,(H2,8,9,11,12,13). The SMILES string of the molecule is O=c1[nH]c(=O)n(-c2cscn2)c(=O)[nH]1. The molecule has 2 N–H and O–H groups in total. The molecule has 8 heteroatoms. The van der Waals surface area contributed by atoms with E-state index in [0.29, 0.717) is 0 Å². The fraction of sp³-hybridized carbons (Fsp3) is 0. The second-order valence-electron chi connectivity index (χ2n) is 2.37. The average Bonchev–Trinajstić information content (AvgIpc) is 2.54. The Kier molecular flexibility index (Phi) is 1.89. The van der Waals surface area contributed by atoms with Crippen molar-refractivity contribution in [2.45, 2.75) is 0 Å². The maximum Gasteiger partial charge on any atom is 0.339 e. The summed E-state index contributed by atoms with van der Waals surface area (Å²) in [6.07, 6.45) is 0. The van der Waals surface area contributed by atoms with Gasteiger partial charge in [-0.3, -0.25) is 9.97 Å². The van der Waals surface area contributed by atoms with Crippen molar-refractivity contribution in [2.24, 2.45) is 0 Å². The smallest absolute Gasteiger partial charge is 0.258 e. The zero-order chi connectivity index (χ0) is 10.1. The number of aromatic amines is 2. The third-order valence-corrected chi connectivity index (χ3v) is 2.07. The Morgan fingerprint density at radius 3 is 2.36 bits per heavy atom. The van der Waals surface area contributed by atoms with Crippen molar-refractivity contribution in [3.63, 3.8) is 0 Å². The van der Waals surface area contributed by atoms with Crippen LogP contribution in [0.15, 0.2) is 25.3 Å². The summed E-state index contributed by atoms with van der Waals surface area (Å²) in [5, 5.41) is 1.52. The minimum Gasteiger partial charge on any atom is -0.258 e. The molecule has 0 atom stereocenters. The van der Waals surface area contributed by atoms with Crippen LogP contribution in [0, 0.1) is 0 Å². The highest BCUT2D eigenvalue weighted by molar-refractivity contribution is 7.07. The summed E-state index contributed by atoms with van der Waals surface area (Å²) >= 11 is 1.24. The minimum atomic E-state index is -0.827. The van der Waals surface area contributed by atoms with Crippen LogP contribution < -0.4 is 17.1 Å². The molecule has 0 saturated heterocycles. The molecule has 7 nitrogen and oxygen atoms in total. The molecule has 0 amide bonds. The second kappa shape index (κ2) is 3.07. The number of hydrogen-bond donors (Lipinski definition) is 2. The third-order valence-electron chi connectivity index (χ3n) is 1.50. The molecular formula is C6H4N4O3S. The van der Waals surface area contributed by atoms with Gasteiger partial charge in [0, 0.05) is 5.38 Å². The molecule has 2 aromatic heterocycles. The van der Waals surface area contributed by atoms with Gasteiger partial charge >= 0.3 is 17.1 Å². The largest absolute Gasteiger partial charge is 0.339 e. The molecule has 2 aromatic rings. The van der Waals surface area contributed by atoms with E-state index in [9.17, 15) is 14.4 Å². The minimum absolute atomic E-state index is 0.192. The number of nitrogens with zero attached hydrogens (tertiary/aromatic N) is 2. The molecule has 14 heavy (non-hydrogen) atoms. The predicted octanol–water partition coefficient (Wildman–Crippen LogP) is -1.33. The van der Waals surface area contributed by atoms with Crippen molar-refractivity contribution >= 4 is 11.3 Å². The van der Waals surface area contributed by atoms with Gasteiger partial charge in [-0.15, -0.1) is 11.3 Å². The fourth-order valence-corrected chi connectivity index (χ4v) is 1.47. The van der Waals surface area contributed by atoms with Gasteiger partial charge in [-0.05, 0) is 0 Å². The zero-order valence-corrected chi connectivity index (χ0v) is 7.50. The Bertz CT molecular complexity index is 571. The topological polar surface area (TPSA) is 101 Å². The Hall–Kier alpha value is -1.96. The van der Waals surface area contributed by atoms with Gasteiger partial charge in [-0.25, -0.2) is 19.4 Å². The van der Waals surface area contributed by atoms with Crippen molar-refractivity contribution in [3.05, 3.63) is 42.3 Å². The van der Waals surface area contributed by atoms with E-state index >= 15 is 0 Å². The monoisotopic (exact) mass is 212 g/mol. The lowest BCUT2D eigenvalue weighted by Crippen LogP contribution is -2.42. The van der Waals surface area contributed by atoms with Crippen molar-refractivity contribution in [1.82, 2.24) is 19.5 Å². The van der Waals surface area contributed by atoms with E-state index < -0.39 is 17.1 Å². The normalized spacial score (nSPS) is 10.3. The summed E-state index contributed by atoms with van der Waals surface area (Å²) in [7, 11) is 0. The van der Waals surface area contributed by atoms with Crippen LogP contribution in [-0.2, 0) is 0 Å². The highest BCUT2D eigenvalue weighted by Crippen LogP contribution is 2.01. The Labute approximate surface area is 79.7 Å². The van der Waals surface area contributed by atoms with Crippen molar-refractivity contribution in [2.75, 3.05) is 0 Å². The Morgan fingerprint density at radius 1 is 1.21 bits per heavy atom. The summed E-state index contributed by atoms with van der Waals surface area (Å²) in [5.74, 6) is 0.192. The number of nitrogens with one attached hydrogen (secondary N) is 2. The number of hydrogen-bond acceptors (Lipinski definition) is 5. The molecule has 0 saturated carbocycles. The number of H-pyrrole nitrogens is 2. The average molecular weight is 212 g/mol. The Morgan fingerprint density at radius 2 is 1.86 bits per heavy atom. The number of rotatable bonds is 1. The molecule has 0 fully saturated rings. The van der Waals surface area contributed by atoms with Crippen LogP contribution >= 0.6 is 11.3 Å². The van der Waals surface area contributed by atoms with Crippen LogP contribution in [0.5, 0.6) is 0 Å². The van der Waals surface area contributed by atoms with Crippen molar-refractivity contribution in [1.29, 1.82) is 0 Å². The number of aromatic nitrogens is 4. The first-order chi connectivity index (χ1) is 6.68. The van der Waals surface area contributed by atoms with Gasteiger partial charge in [0.05, 0.1) is 5.51 Å². The number of thiazole rings is 1. The van der Waals surface area contributed by atoms with Gasteiger partial charge in [0.25, 0.3) is 0 Å². The molecule has 0 aliphatic carbocycles. The van der Waals surface area contributed by atoms with E-state index in [1.165, 1.54) is 22.2 Å². The van der Waals surface area contributed by atoms with Crippen molar-refractivity contribution in [3.8, 4) is 5.82 Å². The molecule has 0 radical (unpaired) electrons. The van der Waals surface area contributed by atoms with Crippen LogP contribution in [0.2, 0.25) is 0 Å². The van der Waals surface area contributed by atoms with Crippen LogP contribution in [0.3, 0.4) is 0 Å². The fourth-order valence-electron chi connectivity index (χ4n) is 0.954. The molecule has 2 rings (SSSR count). The van der Waals surface area contributed by atoms with Crippen LogP contribution in [0.25, 0.3) is 5.82 Å². The maximum absolute atomic E-state index is 11.2. The molecule has 0 aliphatic rings. The van der Waals surface area contributed by atoms with Gasteiger partial charge in [-0.1, -0.05) is 0 Å². The van der Waals surface area contributed by atoms with E-state index in [2.05, 4.69) is 4.98 Å². The summed E-state index contributed by atoms with van der Waals surface area (Å²) in [4.78, 5) is 40.7. The van der Waals surface area contributed by atoms with E-state index in [4.69, 9.17) is 0 Å². The Balaban J connectivity index is 2.84. The molecule has 72 valence electrons. The first-order valence-electron chi connectivity index (χ1n) is 3.53. The van der Waals surface area contributed by atoms with Gasteiger partial charge in [-0.2, -0.15) is 4.57 Å². The molecule has 0 aromatic carbocycles. The lowest BCUT2D eigenvalue weighted by molar-refractivity contribution is 0.771. The summed E-state index contributed by atoms with van der Waals surface area (Å²) in [5.41, 5.74) is -0.951. The molecule has 0 spiro atoms. The second-order valence-corrected chi connectivity index (χ2v) is 3.09. The summed E-state index contributed by atoms with van der Waals surface area (Å²) in [6.45, 7) is 0. The zero-order valence-electron chi connectivity index (χ0n) is 6.68. The molecule has 2 heterocycles. The van der Waals surface area contributed by atoms with Crippen LogP contribution in [-0.4, -0.2) is 19.5 Å². The molecule has 0 bridgehead atoms. The predicted molar refractivity (Wildman–Crippen MR) is 49.0 cm³/mol. The summed E-state index contributed by atoms with van der Waals surface area (Å²) in [6, 6.07) is 0. The summed E-state index contributed by atoms with van der Waals surface area (Å²) < 4.78 is 0.748. The van der Waals surface area contributed by atoms with Crippen molar-refractivity contribution < 1.29 is 0 Å². The van der Waals surface area contributed by atoms with Gasteiger partial charge in [0.2, 0.25) is 0 Å². The first kappa shape index (κ1) is 8.63. The van der Waals surface area contributed by atoms with E-state index in [1.54, 1.807) is 0 Å². The van der Waals surface area contributed by atoms with E-state index in [1.807, 2.05) is 9.97 Å². The lowest BCUT2D eigenvalue weighted by Gasteiger charge is -1.96. The van der Waals surface area contributed by atoms with E-state index in [-0.39, 0.29) is 5.82 Å². The molecule has 0 aliphatic heterocycles. The lowest BCUT2D eigenvalue weighted by atomic mass is 10.7. The highest BCUT2D eigenvalue weighted by Gasteiger charge is 2.06. The third kappa shape index (κ3) is 1.31. The maximum atomic E-state index is 11.2. The quantitative estimate of drug-likeness (QED) is 0.611. The van der Waals surface area contributed by atoms with Gasteiger partial charge in [0.1, 0.15) is 0 Å². The molecular weight excluding hydrogens is 208 g/mol. The van der Waals surface area contributed by atoms with Crippen LogP contribution in [0.1, 0.15) is 0 Å². The highest BCUT2D eigenvalue weighted by atomic mass is 32.1. The van der Waals surface area contributed by atoms with Gasteiger partial charge in [0.15, 0.2) is 5.82 Å².